The van der Waals surface area contributed by atoms with E-state index in [4.69, 9.17) is 9.15 Å². The second kappa shape index (κ2) is 19.6. The average Bonchev–Trinajstić information content (AvgIpc) is 3.73. The Morgan fingerprint density at radius 1 is 1.00 bits per heavy atom. The molecule has 1 unspecified atom stereocenters. The number of halogens is 2. The molecule has 2 saturated heterocycles. The van der Waals surface area contributed by atoms with Crippen molar-refractivity contribution in [2.45, 2.75) is 82.9 Å². The van der Waals surface area contributed by atoms with Gasteiger partial charge in [-0.1, -0.05) is 31.0 Å². The standard InChI is InChI=1S/C48H54F2N10O6/c1-56(21-18-36-27-58(22-23-65-36)20-3-4-31-10-14-39-41(24-31)57(2)48(64)60(39)40-15-16-42(61)54-46(40)63)26-32-8-12-35(13-9-32)59-28-37(43(55-59)44(49)50)52-45(62)38-29-66-47(53-38)33-17-19-51-34(25-33)11-7-30-5-6-30/h8-10,12-14,17,19,24-25,28-30,36,40,44H,3-7,11,15-16,18,20-23,26-27H2,1-2H3,(H,52,62)(H,54,61,63)/t36-,40?/m0/s1. The number of pyridine rings is 1. The van der Waals surface area contributed by atoms with Crippen LogP contribution in [0.4, 0.5) is 14.5 Å². The molecule has 0 spiro atoms. The second-order valence-electron chi connectivity index (χ2n) is 17.8. The lowest BCUT2D eigenvalue weighted by atomic mass is 10.0. The van der Waals surface area contributed by atoms with E-state index in [9.17, 15) is 28.0 Å². The summed E-state index contributed by atoms with van der Waals surface area (Å²) >= 11 is 0. The highest BCUT2D eigenvalue weighted by molar-refractivity contribution is 6.03. The Hall–Kier alpha value is -6.37. The number of oxazole rings is 1. The van der Waals surface area contributed by atoms with Crippen molar-refractivity contribution in [3.63, 3.8) is 0 Å². The third-order valence-corrected chi connectivity index (χ3v) is 12.8. The molecule has 346 valence electrons. The van der Waals surface area contributed by atoms with Gasteiger partial charge in [-0.2, -0.15) is 5.10 Å². The fourth-order valence-electron chi connectivity index (χ4n) is 8.95. The van der Waals surface area contributed by atoms with E-state index < -0.39 is 30.0 Å². The largest absolute Gasteiger partial charge is 0.444 e. The Morgan fingerprint density at radius 3 is 2.61 bits per heavy atom. The number of fused-ring (bicyclic) bond motifs is 1. The molecule has 18 heteroatoms. The van der Waals surface area contributed by atoms with Crippen molar-refractivity contribution in [1.29, 1.82) is 0 Å². The highest BCUT2D eigenvalue weighted by atomic mass is 19.3. The molecule has 6 aromatic rings. The smallest absolute Gasteiger partial charge is 0.329 e. The van der Waals surface area contributed by atoms with Crippen LogP contribution >= 0.6 is 0 Å². The van der Waals surface area contributed by atoms with E-state index in [2.05, 4.69) is 42.5 Å². The van der Waals surface area contributed by atoms with Gasteiger partial charge in [-0.15, -0.1) is 0 Å². The minimum Gasteiger partial charge on any atom is -0.444 e. The van der Waals surface area contributed by atoms with E-state index in [1.54, 1.807) is 23.9 Å². The third-order valence-electron chi connectivity index (χ3n) is 12.8. The minimum absolute atomic E-state index is 0.0453. The summed E-state index contributed by atoms with van der Waals surface area (Å²) in [6.07, 6.45) is 9.05. The number of ether oxygens (including phenoxy) is 1. The molecule has 66 heavy (non-hydrogen) atoms. The number of nitrogens with one attached hydrogen (secondary N) is 2. The SMILES string of the molecule is CN(CC[C@H]1CN(CCCc2ccc3c(c2)n(C)c(=O)n3C2CCC(=O)NC2=O)CCO1)Cc1ccc(-n2cc(NC(=O)c3coc(-c4ccnc(CCC5CC5)c4)n3)c(C(F)F)n2)cc1. The number of carbonyl (C=O) groups excluding carboxylic acids is 3. The molecule has 0 radical (unpaired) electrons. The van der Waals surface area contributed by atoms with Gasteiger partial charge in [-0.05, 0) is 106 Å². The molecule has 2 atom stereocenters. The van der Waals surface area contributed by atoms with Crippen molar-refractivity contribution in [3.05, 3.63) is 112 Å². The van der Waals surface area contributed by atoms with E-state index in [-0.39, 0.29) is 41.4 Å². The van der Waals surface area contributed by atoms with E-state index in [1.807, 2.05) is 48.5 Å². The van der Waals surface area contributed by atoms with Crippen LogP contribution in [0.1, 0.15) is 90.4 Å². The Balaban J connectivity index is 0.735. The maximum Gasteiger partial charge on any atom is 0.329 e. The number of hydrogen-bond donors (Lipinski definition) is 2. The van der Waals surface area contributed by atoms with Crippen molar-refractivity contribution < 1.29 is 32.3 Å². The highest BCUT2D eigenvalue weighted by Crippen LogP contribution is 2.34. The number of morpholine rings is 1. The van der Waals surface area contributed by atoms with Crippen LogP contribution in [0.15, 0.2) is 82.5 Å². The number of amides is 3. The molecule has 0 bridgehead atoms. The molecule has 2 N–H and O–H groups in total. The second-order valence-corrected chi connectivity index (χ2v) is 17.8. The first-order valence-electron chi connectivity index (χ1n) is 22.7. The molecule has 4 aromatic heterocycles. The van der Waals surface area contributed by atoms with E-state index in [0.717, 1.165) is 86.5 Å². The number of rotatable bonds is 18. The van der Waals surface area contributed by atoms with Crippen molar-refractivity contribution in [2.24, 2.45) is 13.0 Å². The van der Waals surface area contributed by atoms with E-state index in [1.165, 1.54) is 34.6 Å². The molecule has 1 aliphatic carbocycles. The van der Waals surface area contributed by atoms with Gasteiger partial charge in [-0.25, -0.2) is 23.2 Å². The number of aryl methyl sites for hydroxylation is 3. The Labute approximate surface area is 379 Å². The number of anilines is 1. The van der Waals surface area contributed by atoms with Gasteiger partial charge >= 0.3 is 5.69 Å². The van der Waals surface area contributed by atoms with E-state index >= 15 is 0 Å². The average molecular weight is 905 g/mol. The van der Waals surface area contributed by atoms with Gasteiger partial charge in [0.2, 0.25) is 17.7 Å². The zero-order chi connectivity index (χ0) is 45.9. The molecule has 2 aliphatic heterocycles. The van der Waals surface area contributed by atoms with Gasteiger partial charge in [0, 0.05) is 57.1 Å². The highest BCUT2D eigenvalue weighted by Gasteiger charge is 2.31. The summed E-state index contributed by atoms with van der Waals surface area (Å²) in [4.78, 5) is 64.0. The van der Waals surface area contributed by atoms with E-state index in [0.29, 0.717) is 36.3 Å². The monoisotopic (exact) mass is 904 g/mol. The number of alkyl halides is 2. The van der Waals surface area contributed by atoms with Crippen molar-refractivity contribution in [3.8, 4) is 17.1 Å². The summed E-state index contributed by atoms with van der Waals surface area (Å²) in [7, 11) is 3.77. The van der Waals surface area contributed by atoms with Crippen LogP contribution in [-0.2, 0) is 40.8 Å². The summed E-state index contributed by atoms with van der Waals surface area (Å²) in [5.41, 5.74) is 4.78. The Morgan fingerprint density at radius 2 is 1.82 bits per heavy atom. The third kappa shape index (κ3) is 10.3. The van der Waals surface area contributed by atoms with Gasteiger partial charge in [0.15, 0.2) is 11.4 Å². The van der Waals surface area contributed by atoms with Crippen LogP contribution in [0, 0.1) is 5.92 Å². The number of hydrogen-bond acceptors (Lipinski definition) is 11. The molecule has 6 heterocycles. The summed E-state index contributed by atoms with van der Waals surface area (Å²) in [5.74, 6) is -0.430. The normalized spacial score (nSPS) is 18.2. The maximum atomic E-state index is 14.2. The lowest BCUT2D eigenvalue weighted by molar-refractivity contribution is -0.135. The summed E-state index contributed by atoms with van der Waals surface area (Å²) < 4.78 is 44.5. The summed E-state index contributed by atoms with van der Waals surface area (Å²) in [6.45, 7) is 4.76. The number of piperidine rings is 1. The quantitative estimate of drug-likeness (QED) is 0.0935. The topological polar surface area (TPSA) is 175 Å². The van der Waals surface area contributed by atoms with Crippen LogP contribution in [0.25, 0.3) is 28.2 Å². The van der Waals surface area contributed by atoms with Crippen LogP contribution in [-0.4, -0.2) is 102 Å². The fraction of sp³-hybridized carbons (Fsp3) is 0.438. The Bertz CT molecular complexity index is 2780. The minimum atomic E-state index is -2.93. The zero-order valence-corrected chi connectivity index (χ0v) is 37.1. The van der Waals surface area contributed by atoms with Crippen molar-refractivity contribution >= 4 is 34.4 Å². The number of imidazole rings is 1. The molecule has 9 rings (SSSR count). The van der Waals surface area contributed by atoms with Crippen molar-refractivity contribution in [1.82, 2.24) is 44.0 Å². The van der Waals surface area contributed by atoms with Gasteiger partial charge < -0.3 is 19.4 Å². The summed E-state index contributed by atoms with van der Waals surface area (Å²) in [5, 5.41) is 9.02. The van der Waals surface area contributed by atoms with Crippen LogP contribution in [0.2, 0.25) is 0 Å². The predicted molar refractivity (Wildman–Crippen MR) is 241 cm³/mol. The maximum absolute atomic E-state index is 14.2. The van der Waals surface area contributed by atoms with Gasteiger partial charge in [0.1, 0.15) is 12.3 Å². The van der Waals surface area contributed by atoms with Gasteiger partial charge in [0.05, 0.1) is 41.3 Å². The number of imide groups is 1. The predicted octanol–water partition coefficient (Wildman–Crippen LogP) is 6.24. The number of carbonyl (C=O) groups is 3. The molecule has 16 nitrogen and oxygen atoms in total. The van der Waals surface area contributed by atoms with Crippen LogP contribution < -0.4 is 16.3 Å². The fourth-order valence-corrected chi connectivity index (χ4v) is 8.95. The summed E-state index contributed by atoms with van der Waals surface area (Å²) in [6, 6.07) is 16.4. The molecule has 3 amide bonds. The first kappa shape index (κ1) is 44.8. The molecule has 1 saturated carbocycles. The molecule has 3 fully saturated rings. The number of benzene rings is 2. The van der Waals surface area contributed by atoms with Crippen LogP contribution in [0.3, 0.4) is 0 Å². The molecule has 2 aromatic carbocycles. The molecular weight excluding hydrogens is 851 g/mol. The van der Waals surface area contributed by atoms with Gasteiger partial charge in [-0.3, -0.25) is 38.7 Å². The lowest BCUT2D eigenvalue weighted by Crippen LogP contribution is -2.44. The number of aromatic nitrogens is 6. The first-order chi connectivity index (χ1) is 31.9. The zero-order valence-electron chi connectivity index (χ0n) is 37.1. The van der Waals surface area contributed by atoms with Crippen LogP contribution in [0.5, 0.6) is 0 Å². The number of nitrogens with zero attached hydrogens (tertiary/aromatic N) is 8. The van der Waals surface area contributed by atoms with Gasteiger partial charge in [0.25, 0.3) is 12.3 Å². The Kier molecular flexibility index (Phi) is 13.3. The lowest BCUT2D eigenvalue weighted by Gasteiger charge is -2.33. The molecule has 3 aliphatic rings. The molecular formula is C48H54F2N10O6. The first-order valence-corrected chi connectivity index (χ1v) is 22.7. The van der Waals surface area contributed by atoms with Crippen molar-refractivity contribution in [2.75, 3.05) is 45.2 Å².